The third-order valence-electron chi connectivity index (χ3n) is 1.91. The van der Waals surface area contributed by atoms with Crippen LogP contribution in [0.4, 0.5) is 0 Å². The van der Waals surface area contributed by atoms with Gasteiger partial charge in [0.1, 0.15) is 0 Å². The number of hydrogen-bond donors (Lipinski definition) is 1. The molecular formula is C12H27NOS. The van der Waals surface area contributed by atoms with Gasteiger partial charge in [0.15, 0.2) is 0 Å². The quantitative estimate of drug-likeness (QED) is 0.619. The number of thioether (sulfide) groups is 1. The predicted octanol–water partition coefficient (Wildman–Crippen LogP) is 2.92. The highest BCUT2D eigenvalue weighted by Crippen LogP contribution is 2.21. The molecule has 0 amide bonds. The Labute approximate surface area is 99.5 Å². The summed E-state index contributed by atoms with van der Waals surface area (Å²) in [6.45, 7) is 12.8. The van der Waals surface area contributed by atoms with Crippen LogP contribution in [0.2, 0.25) is 0 Å². The summed E-state index contributed by atoms with van der Waals surface area (Å²) in [5.74, 6) is 1.20. The summed E-state index contributed by atoms with van der Waals surface area (Å²) in [5.41, 5.74) is 0. The van der Waals surface area contributed by atoms with E-state index in [1.165, 1.54) is 18.6 Å². The van der Waals surface area contributed by atoms with Gasteiger partial charge < -0.3 is 10.1 Å². The lowest BCUT2D eigenvalue weighted by molar-refractivity contribution is 0.143. The topological polar surface area (TPSA) is 21.3 Å². The summed E-state index contributed by atoms with van der Waals surface area (Å²) in [5, 5.41) is 3.46. The van der Waals surface area contributed by atoms with Gasteiger partial charge in [-0.05, 0) is 26.3 Å². The Morgan fingerprint density at radius 1 is 1.13 bits per heavy atom. The van der Waals surface area contributed by atoms with E-state index in [0.29, 0.717) is 4.75 Å². The van der Waals surface area contributed by atoms with Crippen LogP contribution in [0.5, 0.6) is 0 Å². The van der Waals surface area contributed by atoms with Crippen LogP contribution < -0.4 is 5.32 Å². The Morgan fingerprint density at radius 3 is 2.47 bits per heavy atom. The van der Waals surface area contributed by atoms with Crippen molar-refractivity contribution in [1.29, 1.82) is 0 Å². The van der Waals surface area contributed by atoms with Crippen molar-refractivity contribution in [2.75, 3.05) is 32.1 Å². The minimum absolute atomic E-state index is 0.399. The van der Waals surface area contributed by atoms with Crippen LogP contribution in [0.3, 0.4) is 0 Å². The fourth-order valence-electron chi connectivity index (χ4n) is 1.15. The van der Waals surface area contributed by atoms with E-state index in [2.05, 4.69) is 26.1 Å². The van der Waals surface area contributed by atoms with Gasteiger partial charge in [-0.2, -0.15) is 11.8 Å². The first kappa shape index (κ1) is 15.3. The molecule has 0 aliphatic heterocycles. The first-order chi connectivity index (χ1) is 7.06. The van der Waals surface area contributed by atoms with Crippen LogP contribution >= 0.6 is 11.8 Å². The zero-order valence-electron chi connectivity index (χ0n) is 10.8. The third-order valence-corrected chi connectivity index (χ3v) is 3.18. The molecule has 0 radical (unpaired) electrons. The molecule has 0 aromatic heterocycles. The smallest absolute Gasteiger partial charge is 0.0466 e. The maximum Gasteiger partial charge on any atom is 0.0466 e. The molecule has 0 fully saturated rings. The van der Waals surface area contributed by atoms with Crippen molar-refractivity contribution >= 4 is 11.8 Å². The molecule has 15 heavy (non-hydrogen) atoms. The van der Waals surface area contributed by atoms with Crippen molar-refractivity contribution in [3.05, 3.63) is 0 Å². The maximum absolute atomic E-state index is 5.27. The Bertz CT molecular complexity index is 134. The van der Waals surface area contributed by atoms with Crippen LogP contribution in [0.25, 0.3) is 0 Å². The van der Waals surface area contributed by atoms with E-state index in [4.69, 9.17) is 4.74 Å². The molecule has 0 saturated carbocycles. The second kappa shape index (κ2) is 9.49. The fourth-order valence-corrected chi connectivity index (χ4v) is 2.01. The summed E-state index contributed by atoms with van der Waals surface area (Å²) >= 11 is 2.02. The van der Waals surface area contributed by atoms with Gasteiger partial charge in [-0.15, -0.1) is 0 Å². The van der Waals surface area contributed by atoms with E-state index >= 15 is 0 Å². The van der Waals surface area contributed by atoms with E-state index in [9.17, 15) is 0 Å². The van der Waals surface area contributed by atoms with Crippen LogP contribution in [0.15, 0.2) is 0 Å². The van der Waals surface area contributed by atoms with E-state index in [1.807, 2.05) is 18.7 Å². The largest absolute Gasteiger partial charge is 0.382 e. The molecule has 0 aliphatic rings. The number of nitrogens with one attached hydrogen (secondary N) is 1. The van der Waals surface area contributed by atoms with E-state index in [-0.39, 0.29) is 0 Å². The number of rotatable bonds is 9. The minimum Gasteiger partial charge on any atom is -0.382 e. The molecule has 0 aromatic carbocycles. The molecule has 0 bridgehead atoms. The van der Waals surface area contributed by atoms with Crippen molar-refractivity contribution in [3.8, 4) is 0 Å². The Balaban J connectivity index is 2.99. The van der Waals surface area contributed by atoms with Gasteiger partial charge in [0.05, 0.1) is 0 Å². The summed E-state index contributed by atoms with van der Waals surface area (Å²) in [6.07, 6.45) is 2.40. The normalized spacial score (nSPS) is 12.0. The molecule has 3 heteroatoms. The molecule has 0 unspecified atom stereocenters. The molecule has 0 aromatic rings. The molecule has 0 rings (SSSR count). The second-order valence-electron chi connectivity index (χ2n) is 4.61. The molecular weight excluding hydrogens is 206 g/mol. The van der Waals surface area contributed by atoms with Gasteiger partial charge in [0.25, 0.3) is 0 Å². The first-order valence-electron chi connectivity index (χ1n) is 5.98. The van der Waals surface area contributed by atoms with Crippen molar-refractivity contribution in [2.24, 2.45) is 0 Å². The molecule has 2 nitrogen and oxygen atoms in total. The van der Waals surface area contributed by atoms with Gasteiger partial charge in [0, 0.05) is 30.3 Å². The van der Waals surface area contributed by atoms with Crippen molar-refractivity contribution in [3.63, 3.8) is 0 Å². The van der Waals surface area contributed by atoms with E-state index in [1.54, 1.807) is 0 Å². The highest BCUT2D eigenvalue weighted by atomic mass is 32.2. The van der Waals surface area contributed by atoms with Gasteiger partial charge in [-0.1, -0.05) is 20.8 Å². The lowest BCUT2D eigenvalue weighted by atomic mass is 10.3. The third kappa shape index (κ3) is 14.3. The minimum atomic E-state index is 0.399. The van der Waals surface area contributed by atoms with Gasteiger partial charge >= 0.3 is 0 Å². The molecule has 0 heterocycles. The highest BCUT2D eigenvalue weighted by molar-refractivity contribution is 8.00. The van der Waals surface area contributed by atoms with Gasteiger partial charge in [-0.3, -0.25) is 0 Å². The average molecular weight is 233 g/mol. The lowest BCUT2D eigenvalue weighted by Crippen LogP contribution is -2.21. The number of hydrogen-bond acceptors (Lipinski definition) is 3. The van der Waals surface area contributed by atoms with Gasteiger partial charge in [-0.25, -0.2) is 0 Å². The Hall–Kier alpha value is 0.270. The van der Waals surface area contributed by atoms with Crippen LogP contribution in [0, 0.1) is 0 Å². The average Bonchev–Trinajstić information content (AvgIpc) is 2.14. The number of unbranched alkanes of at least 4 members (excludes halogenated alkanes) is 1. The highest BCUT2D eigenvalue weighted by Gasteiger charge is 2.08. The van der Waals surface area contributed by atoms with Gasteiger partial charge in [0.2, 0.25) is 0 Å². The fraction of sp³-hybridized carbons (Fsp3) is 1.00. The van der Waals surface area contributed by atoms with Crippen molar-refractivity contribution < 1.29 is 4.74 Å². The van der Waals surface area contributed by atoms with Crippen molar-refractivity contribution in [1.82, 2.24) is 5.32 Å². The van der Waals surface area contributed by atoms with Crippen LogP contribution in [-0.4, -0.2) is 36.8 Å². The molecule has 0 spiro atoms. The molecule has 92 valence electrons. The molecule has 1 N–H and O–H groups in total. The lowest BCUT2D eigenvalue weighted by Gasteiger charge is -2.17. The Morgan fingerprint density at radius 2 is 1.87 bits per heavy atom. The van der Waals surface area contributed by atoms with Crippen LogP contribution in [0.1, 0.15) is 40.5 Å². The van der Waals surface area contributed by atoms with Crippen molar-refractivity contribution in [2.45, 2.75) is 45.3 Å². The second-order valence-corrected chi connectivity index (χ2v) is 6.54. The van der Waals surface area contributed by atoms with E-state index in [0.717, 1.165) is 26.3 Å². The summed E-state index contributed by atoms with van der Waals surface area (Å²) in [7, 11) is 0. The summed E-state index contributed by atoms with van der Waals surface area (Å²) in [4.78, 5) is 0. The monoisotopic (exact) mass is 233 g/mol. The summed E-state index contributed by atoms with van der Waals surface area (Å²) < 4.78 is 5.67. The molecule has 0 saturated heterocycles. The standard InChI is InChI=1S/C12H27NOS/c1-5-14-10-7-6-8-13-9-11-15-12(2,3)4/h13H,5-11H2,1-4H3. The van der Waals surface area contributed by atoms with E-state index < -0.39 is 0 Å². The Kier molecular flexibility index (Phi) is 9.66. The molecule has 0 aliphatic carbocycles. The predicted molar refractivity (Wildman–Crippen MR) is 70.8 cm³/mol. The SMILES string of the molecule is CCOCCCCNCCSC(C)(C)C. The maximum atomic E-state index is 5.27. The molecule has 0 atom stereocenters. The zero-order chi connectivity index (χ0) is 11.6. The summed E-state index contributed by atoms with van der Waals surface area (Å²) in [6, 6.07) is 0. The first-order valence-corrected chi connectivity index (χ1v) is 6.97. The van der Waals surface area contributed by atoms with Crippen LogP contribution in [-0.2, 0) is 4.74 Å². The zero-order valence-corrected chi connectivity index (χ0v) is 11.6. The number of ether oxygens (including phenoxy) is 1.